The number of esters is 1. The predicted octanol–water partition coefficient (Wildman–Crippen LogP) is 5.30. The van der Waals surface area contributed by atoms with Crippen molar-refractivity contribution in [3.05, 3.63) is 75.9 Å². The van der Waals surface area contributed by atoms with Gasteiger partial charge in [-0.25, -0.2) is 4.79 Å². The van der Waals surface area contributed by atoms with Crippen LogP contribution < -0.4 is 5.32 Å². The lowest BCUT2D eigenvalue weighted by molar-refractivity contribution is 0.0600. The number of nitrogens with one attached hydrogen (secondary N) is 1. The lowest BCUT2D eigenvalue weighted by Crippen LogP contribution is -2.03. The normalized spacial score (nSPS) is 11.4. The molecule has 1 heterocycles. The van der Waals surface area contributed by atoms with Gasteiger partial charge in [0, 0.05) is 16.4 Å². The van der Waals surface area contributed by atoms with Crippen molar-refractivity contribution in [2.75, 3.05) is 19.0 Å². The van der Waals surface area contributed by atoms with Gasteiger partial charge in [0.05, 0.1) is 30.1 Å². The minimum atomic E-state index is -0.325. The van der Waals surface area contributed by atoms with Gasteiger partial charge in [-0.15, -0.1) is 0 Å². The van der Waals surface area contributed by atoms with Gasteiger partial charge in [0.15, 0.2) is 0 Å². The molecule has 0 bridgehead atoms. The van der Waals surface area contributed by atoms with Gasteiger partial charge < -0.3 is 10.1 Å². The van der Waals surface area contributed by atoms with Crippen LogP contribution in [0, 0.1) is 0 Å². The Morgan fingerprint density at radius 2 is 2.00 bits per heavy atom. The number of halogens is 1. The number of fused-ring (bicyclic) bond motifs is 1. The summed E-state index contributed by atoms with van der Waals surface area (Å²) in [6.07, 6.45) is 3.92. The topological polar surface area (TPSA) is 51.2 Å². The molecule has 0 saturated carbocycles. The van der Waals surface area contributed by atoms with Crippen molar-refractivity contribution in [3.63, 3.8) is 0 Å². The average Bonchev–Trinajstić information content (AvgIpc) is 2.66. The van der Waals surface area contributed by atoms with Crippen molar-refractivity contribution in [3.8, 4) is 0 Å². The van der Waals surface area contributed by atoms with Gasteiger partial charge in [-0.2, -0.15) is 0 Å². The van der Waals surface area contributed by atoms with Crippen molar-refractivity contribution in [2.24, 2.45) is 0 Å². The van der Waals surface area contributed by atoms with Crippen LogP contribution in [0.2, 0.25) is 0 Å². The highest BCUT2D eigenvalue weighted by Crippen LogP contribution is 2.24. The first-order valence-electron chi connectivity index (χ1n) is 8.20. The minimum Gasteiger partial charge on any atom is -0.465 e. The van der Waals surface area contributed by atoms with Gasteiger partial charge in [-0.05, 0) is 52.7 Å². The van der Waals surface area contributed by atoms with Crippen LogP contribution in [0.4, 0.5) is 5.69 Å². The van der Waals surface area contributed by atoms with Gasteiger partial charge in [0.1, 0.15) is 0 Å². The summed E-state index contributed by atoms with van der Waals surface area (Å²) in [6, 6.07) is 15.5. The van der Waals surface area contributed by atoms with Crippen molar-refractivity contribution in [1.82, 2.24) is 4.98 Å². The van der Waals surface area contributed by atoms with Crippen molar-refractivity contribution in [1.29, 1.82) is 0 Å². The highest BCUT2D eigenvalue weighted by atomic mass is 79.9. The molecule has 0 aliphatic heterocycles. The molecule has 3 aromatic rings. The largest absolute Gasteiger partial charge is 0.465 e. The molecule has 3 rings (SSSR count). The first-order valence-corrected chi connectivity index (χ1v) is 9.00. The van der Waals surface area contributed by atoms with Crippen LogP contribution in [0.3, 0.4) is 0 Å². The number of benzene rings is 2. The lowest BCUT2D eigenvalue weighted by atomic mass is 10.1. The number of aromatic nitrogens is 1. The number of carbonyl (C=O) groups excluding carboxylic acids is 1. The fourth-order valence-electron chi connectivity index (χ4n) is 2.63. The SMILES string of the molecule is COC(=O)c1ccc(C=C(C)CNc2cnc3c(Br)cccc3c2)cc1. The summed E-state index contributed by atoms with van der Waals surface area (Å²) >= 11 is 3.52. The second kappa shape index (κ2) is 8.15. The molecule has 1 aromatic heterocycles. The molecule has 0 radical (unpaired) electrons. The summed E-state index contributed by atoms with van der Waals surface area (Å²) in [7, 11) is 1.38. The first kappa shape index (κ1) is 18.1. The maximum Gasteiger partial charge on any atom is 0.337 e. The third-order valence-corrected chi connectivity index (χ3v) is 4.62. The van der Waals surface area contributed by atoms with Gasteiger partial charge in [-0.1, -0.05) is 35.9 Å². The summed E-state index contributed by atoms with van der Waals surface area (Å²) in [5.41, 5.74) is 4.69. The fraction of sp³-hybridized carbons (Fsp3) is 0.143. The van der Waals surface area contributed by atoms with E-state index in [1.54, 1.807) is 12.1 Å². The number of carbonyl (C=O) groups is 1. The number of methoxy groups -OCH3 is 1. The molecular formula is C21H19BrN2O2. The molecule has 0 atom stereocenters. The zero-order valence-electron chi connectivity index (χ0n) is 14.6. The van der Waals surface area contributed by atoms with Crippen molar-refractivity contribution < 1.29 is 9.53 Å². The van der Waals surface area contributed by atoms with E-state index in [9.17, 15) is 4.79 Å². The zero-order chi connectivity index (χ0) is 18.5. The number of anilines is 1. The van der Waals surface area contributed by atoms with Crippen LogP contribution in [0.1, 0.15) is 22.8 Å². The third kappa shape index (κ3) is 4.29. The third-order valence-electron chi connectivity index (χ3n) is 3.98. The Bertz CT molecular complexity index is 965. The molecule has 4 nitrogen and oxygen atoms in total. The van der Waals surface area contributed by atoms with Crippen LogP contribution in [0.5, 0.6) is 0 Å². The molecule has 0 amide bonds. The molecule has 0 spiro atoms. The number of hydrogen-bond donors (Lipinski definition) is 1. The number of para-hydroxylation sites is 1. The van der Waals surface area contributed by atoms with E-state index in [4.69, 9.17) is 4.74 Å². The van der Waals surface area contributed by atoms with Gasteiger partial charge in [0.2, 0.25) is 0 Å². The Morgan fingerprint density at radius 1 is 1.23 bits per heavy atom. The summed E-state index contributed by atoms with van der Waals surface area (Å²) in [4.78, 5) is 16.0. The Kier molecular flexibility index (Phi) is 5.68. The minimum absolute atomic E-state index is 0.325. The van der Waals surface area contributed by atoms with E-state index in [0.29, 0.717) is 12.1 Å². The van der Waals surface area contributed by atoms with Crippen LogP contribution in [0.15, 0.2) is 64.8 Å². The number of pyridine rings is 1. The van der Waals surface area contributed by atoms with E-state index in [2.05, 4.69) is 45.3 Å². The quantitative estimate of drug-likeness (QED) is 0.579. The molecule has 0 aliphatic rings. The van der Waals surface area contributed by atoms with Crippen LogP contribution in [0.25, 0.3) is 17.0 Å². The van der Waals surface area contributed by atoms with Gasteiger partial charge >= 0.3 is 5.97 Å². The molecule has 1 N–H and O–H groups in total. The summed E-state index contributed by atoms with van der Waals surface area (Å²) in [5.74, 6) is -0.325. The fourth-order valence-corrected chi connectivity index (χ4v) is 3.11. The molecule has 2 aromatic carbocycles. The number of ether oxygens (including phenoxy) is 1. The van der Waals surface area contributed by atoms with E-state index < -0.39 is 0 Å². The number of hydrogen-bond acceptors (Lipinski definition) is 4. The van der Waals surface area contributed by atoms with Crippen molar-refractivity contribution in [2.45, 2.75) is 6.92 Å². The van der Waals surface area contributed by atoms with Crippen LogP contribution in [-0.4, -0.2) is 24.6 Å². The summed E-state index contributed by atoms with van der Waals surface area (Å²) in [5, 5.41) is 4.48. The van der Waals surface area contributed by atoms with Gasteiger partial charge in [-0.3, -0.25) is 4.98 Å². The zero-order valence-corrected chi connectivity index (χ0v) is 16.2. The molecular weight excluding hydrogens is 392 g/mol. The molecule has 132 valence electrons. The van der Waals surface area contributed by atoms with E-state index >= 15 is 0 Å². The second-order valence-corrected chi connectivity index (χ2v) is 6.85. The first-order chi connectivity index (χ1) is 12.6. The summed E-state index contributed by atoms with van der Waals surface area (Å²) < 4.78 is 5.70. The maximum absolute atomic E-state index is 11.5. The van der Waals surface area contributed by atoms with Gasteiger partial charge in [0.25, 0.3) is 0 Å². The number of rotatable bonds is 5. The molecule has 0 fully saturated rings. The predicted molar refractivity (Wildman–Crippen MR) is 109 cm³/mol. The highest BCUT2D eigenvalue weighted by molar-refractivity contribution is 9.10. The molecule has 0 aliphatic carbocycles. The maximum atomic E-state index is 11.5. The lowest BCUT2D eigenvalue weighted by Gasteiger charge is -2.08. The smallest absolute Gasteiger partial charge is 0.337 e. The average molecular weight is 411 g/mol. The van der Waals surface area contributed by atoms with E-state index in [1.165, 1.54) is 12.7 Å². The standard InChI is InChI=1S/C21H19BrN2O2/c1-14(10-15-6-8-16(9-7-15)21(25)26-2)12-23-18-11-17-4-3-5-19(22)20(17)24-13-18/h3-11,13,23H,12H2,1-2H3. The Morgan fingerprint density at radius 3 is 2.73 bits per heavy atom. The monoisotopic (exact) mass is 410 g/mol. The van der Waals surface area contributed by atoms with Crippen LogP contribution >= 0.6 is 15.9 Å². The van der Waals surface area contributed by atoms with E-state index in [1.807, 2.05) is 36.5 Å². The summed E-state index contributed by atoms with van der Waals surface area (Å²) in [6.45, 7) is 2.77. The molecule has 5 heteroatoms. The Labute approximate surface area is 161 Å². The van der Waals surface area contributed by atoms with Crippen molar-refractivity contribution >= 4 is 44.6 Å². The number of nitrogens with zero attached hydrogens (tertiary/aromatic N) is 1. The highest BCUT2D eigenvalue weighted by Gasteiger charge is 2.04. The molecule has 0 unspecified atom stereocenters. The Balaban J connectivity index is 1.67. The van der Waals surface area contributed by atoms with Crippen LogP contribution in [-0.2, 0) is 4.74 Å². The van der Waals surface area contributed by atoms with E-state index in [-0.39, 0.29) is 5.97 Å². The second-order valence-electron chi connectivity index (χ2n) is 5.99. The molecule has 26 heavy (non-hydrogen) atoms. The molecule has 0 saturated heterocycles. The Hall–Kier alpha value is -2.66. The van der Waals surface area contributed by atoms with E-state index in [0.717, 1.165) is 26.6 Å².